The van der Waals surface area contributed by atoms with Crippen LogP contribution in [0.4, 0.5) is 10.1 Å². The number of anilines is 1. The second-order valence-corrected chi connectivity index (χ2v) is 6.32. The number of nitrogens with two attached hydrogens (primary N) is 1. The Hall–Kier alpha value is -2.03. The van der Waals surface area contributed by atoms with Crippen molar-refractivity contribution in [2.24, 2.45) is 10.7 Å². The molecule has 0 saturated heterocycles. The number of fused-ring (bicyclic) bond motifs is 1. The van der Waals surface area contributed by atoms with E-state index in [9.17, 15) is 4.39 Å². The maximum absolute atomic E-state index is 13.3. The summed E-state index contributed by atoms with van der Waals surface area (Å²) in [5, 5.41) is 3.09. The molecule has 0 aromatic heterocycles. The molecule has 1 aliphatic carbocycles. The standard InChI is InChI=1S/C19H20FN3O2.HI/c20-13-4-1-3-12(9-13)15-11-16(15)23-19(21)22-14-5-6-17-18(10-14)25-8-2-7-24-17;/h1,3-6,9-10,15-16H,2,7-8,11H2,(H3,21,22,23);1H. The van der Waals surface area contributed by atoms with Crippen molar-refractivity contribution in [1.29, 1.82) is 0 Å². The third-order valence-corrected chi connectivity index (χ3v) is 4.36. The van der Waals surface area contributed by atoms with Gasteiger partial charge in [0.05, 0.1) is 19.3 Å². The minimum Gasteiger partial charge on any atom is -0.490 e. The molecule has 2 atom stereocenters. The number of nitrogens with zero attached hydrogens (tertiary/aromatic N) is 1. The van der Waals surface area contributed by atoms with E-state index in [1.165, 1.54) is 6.07 Å². The lowest BCUT2D eigenvalue weighted by molar-refractivity contribution is 0.297. The topological polar surface area (TPSA) is 68.9 Å². The molecule has 3 N–H and O–H groups in total. The van der Waals surface area contributed by atoms with E-state index in [4.69, 9.17) is 15.2 Å². The molecular formula is C19H21FIN3O2. The fraction of sp³-hybridized carbons (Fsp3) is 0.316. The Kier molecular flexibility index (Phi) is 5.85. The fourth-order valence-corrected chi connectivity index (χ4v) is 3.02. The second-order valence-electron chi connectivity index (χ2n) is 6.32. The van der Waals surface area contributed by atoms with Gasteiger partial charge in [-0.15, -0.1) is 24.0 Å². The zero-order valence-corrected chi connectivity index (χ0v) is 16.5. The summed E-state index contributed by atoms with van der Waals surface area (Å²) in [4.78, 5) is 4.49. The van der Waals surface area contributed by atoms with Crippen LogP contribution in [0, 0.1) is 5.82 Å². The zero-order valence-electron chi connectivity index (χ0n) is 14.2. The van der Waals surface area contributed by atoms with Crippen LogP contribution in [0.15, 0.2) is 47.5 Å². The lowest BCUT2D eigenvalue weighted by atomic mass is 10.1. The van der Waals surface area contributed by atoms with E-state index in [-0.39, 0.29) is 41.8 Å². The van der Waals surface area contributed by atoms with E-state index < -0.39 is 0 Å². The molecule has 0 spiro atoms. The summed E-state index contributed by atoms with van der Waals surface area (Å²) in [5.41, 5.74) is 7.79. The molecule has 1 heterocycles. The number of nitrogens with one attached hydrogen (secondary N) is 1. The highest BCUT2D eigenvalue weighted by molar-refractivity contribution is 14.0. The minimum atomic E-state index is -0.217. The van der Waals surface area contributed by atoms with E-state index in [1.807, 2.05) is 24.3 Å². The molecule has 2 aliphatic rings. The average molecular weight is 469 g/mol. The van der Waals surface area contributed by atoms with Crippen LogP contribution in [0.3, 0.4) is 0 Å². The summed E-state index contributed by atoms with van der Waals surface area (Å²) in [6.07, 6.45) is 1.75. The molecule has 5 nitrogen and oxygen atoms in total. The highest BCUT2D eigenvalue weighted by atomic mass is 127. The van der Waals surface area contributed by atoms with Crippen LogP contribution in [0.5, 0.6) is 11.5 Å². The second kappa shape index (κ2) is 8.11. The lowest BCUT2D eigenvalue weighted by Gasteiger charge is -2.10. The number of rotatable bonds is 3. The molecule has 138 valence electrons. The van der Waals surface area contributed by atoms with Gasteiger partial charge >= 0.3 is 0 Å². The van der Waals surface area contributed by atoms with Crippen molar-refractivity contribution >= 4 is 35.6 Å². The molecule has 2 unspecified atom stereocenters. The summed E-state index contributed by atoms with van der Waals surface area (Å²) >= 11 is 0. The summed E-state index contributed by atoms with van der Waals surface area (Å²) in [6.45, 7) is 1.30. The van der Waals surface area contributed by atoms with Crippen LogP contribution < -0.4 is 20.5 Å². The number of ether oxygens (including phenoxy) is 2. The number of hydrogen-bond donors (Lipinski definition) is 2. The van der Waals surface area contributed by atoms with Gasteiger partial charge in [0, 0.05) is 24.1 Å². The summed E-state index contributed by atoms with van der Waals surface area (Å²) in [6, 6.07) is 12.4. The van der Waals surface area contributed by atoms with Gasteiger partial charge in [0.2, 0.25) is 0 Å². The molecule has 2 aromatic rings. The Labute approximate surface area is 168 Å². The van der Waals surface area contributed by atoms with Gasteiger partial charge in [-0.1, -0.05) is 12.1 Å². The first-order valence-electron chi connectivity index (χ1n) is 8.44. The molecule has 4 rings (SSSR count). The third-order valence-electron chi connectivity index (χ3n) is 4.36. The van der Waals surface area contributed by atoms with E-state index in [0.717, 1.165) is 29.8 Å². The number of guanidine groups is 1. The lowest BCUT2D eigenvalue weighted by Crippen LogP contribution is -2.23. The molecule has 2 aromatic carbocycles. The Morgan fingerprint density at radius 3 is 2.73 bits per heavy atom. The molecule has 0 radical (unpaired) electrons. The largest absolute Gasteiger partial charge is 0.490 e. The SMILES string of the molecule is I.NC(=NC1CC1c1cccc(F)c1)Nc1ccc2c(c1)OCCCO2. The Balaban J connectivity index is 0.00000196. The summed E-state index contributed by atoms with van der Waals surface area (Å²) < 4.78 is 24.6. The number of hydrogen-bond acceptors (Lipinski definition) is 3. The van der Waals surface area contributed by atoms with Gasteiger partial charge in [-0.05, 0) is 36.2 Å². The van der Waals surface area contributed by atoms with E-state index >= 15 is 0 Å². The van der Waals surface area contributed by atoms with Crippen LogP contribution in [-0.4, -0.2) is 25.2 Å². The van der Waals surface area contributed by atoms with Gasteiger partial charge in [-0.25, -0.2) is 9.38 Å². The molecule has 0 bridgehead atoms. The van der Waals surface area contributed by atoms with Gasteiger partial charge in [0.15, 0.2) is 17.5 Å². The maximum atomic E-state index is 13.3. The molecule has 0 amide bonds. The molecule has 1 fully saturated rings. The highest BCUT2D eigenvalue weighted by Crippen LogP contribution is 2.43. The van der Waals surface area contributed by atoms with Crippen molar-refractivity contribution in [2.75, 3.05) is 18.5 Å². The fourth-order valence-electron chi connectivity index (χ4n) is 3.02. The van der Waals surface area contributed by atoms with Crippen molar-refractivity contribution in [1.82, 2.24) is 0 Å². The Bertz CT molecular complexity index is 815. The van der Waals surface area contributed by atoms with Crippen LogP contribution in [0.25, 0.3) is 0 Å². The predicted octanol–water partition coefficient (Wildman–Crippen LogP) is 3.89. The van der Waals surface area contributed by atoms with Crippen molar-refractivity contribution in [2.45, 2.75) is 24.8 Å². The van der Waals surface area contributed by atoms with Crippen LogP contribution in [-0.2, 0) is 0 Å². The zero-order chi connectivity index (χ0) is 17.2. The van der Waals surface area contributed by atoms with Crippen LogP contribution in [0.2, 0.25) is 0 Å². The molecular weight excluding hydrogens is 448 g/mol. The quantitative estimate of drug-likeness (QED) is 0.407. The molecule has 7 heteroatoms. The maximum Gasteiger partial charge on any atom is 0.193 e. The average Bonchev–Trinajstić information content (AvgIpc) is 3.37. The van der Waals surface area contributed by atoms with E-state index in [2.05, 4.69) is 10.3 Å². The van der Waals surface area contributed by atoms with Gasteiger partial charge in [-0.3, -0.25) is 0 Å². The van der Waals surface area contributed by atoms with Crippen molar-refractivity contribution in [3.05, 3.63) is 53.8 Å². The van der Waals surface area contributed by atoms with Crippen molar-refractivity contribution in [3.63, 3.8) is 0 Å². The first kappa shape index (κ1) is 18.8. The monoisotopic (exact) mass is 469 g/mol. The number of halogens is 2. The normalized spacial score (nSPS) is 21.3. The van der Waals surface area contributed by atoms with Gasteiger partial charge in [0.1, 0.15) is 5.82 Å². The summed E-state index contributed by atoms with van der Waals surface area (Å²) in [7, 11) is 0. The Morgan fingerprint density at radius 1 is 1.12 bits per heavy atom. The Morgan fingerprint density at radius 2 is 1.92 bits per heavy atom. The van der Waals surface area contributed by atoms with Crippen LogP contribution >= 0.6 is 24.0 Å². The predicted molar refractivity (Wildman–Crippen MR) is 110 cm³/mol. The first-order chi connectivity index (χ1) is 12.2. The third kappa shape index (κ3) is 4.38. The molecule has 1 saturated carbocycles. The van der Waals surface area contributed by atoms with Crippen LogP contribution in [0.1, 0.15) is 24.3 Å². The van der Waals surface area contributed by atoms with Gasteiger partial charge in [-0.2, -0.15) is 0 Å². The van der Waals surface area contributed by atoms with Crippen molar-refractivity contribution < 1.29 is 13.9 Å². The minimum absolute atomic E-state index is 0. The summed E-state index contributed by atoms with van der Waals surface area (Å²) in [5.74, 6) is 1.81. The van der Waals surface area contributed by atoms with E-state index in [0.29, 0.717) is 24.9 Å². The molecule has 1 aliphatic heterocycles. The first-order valence-corrected chi connectivity index (χ1v) is 8.44. The highest BCUT2D eigenvalue weighted by Gasteiger charge is 2.38. The van der Waals surface area contributed by atoms with Crippen molar-refractivity contribution in [3.8, 4) is 11.5 Å². The van der Waals surface area contributed by atoms with Gasteiger partial charge < -0.3 is 20.5 Å². The number of aliphatic imine (C=N–C) groups is 1. The molecule has 26 heavy (non-hydrogen) atoms. The van der Waals surface area contributed by atoms with Gasteiger partial charge in [0.25, 0.3) is 0 Å². The smallest absolute Gasteiger partial charge is 0.193 e. The number of benzene rings is 2. The van der Waals surface area contributed by atoms with E-state index in [1.54, 1.807) is 12.1 Å².